The predicted octanol–water partition coefficient (Wildman–Crippen LogP) is 1.44. The number of nitrogens with one attached hydrogen (secondary N) is 1. The van der Waals surface area contributed by atoms with Crippen LogP contribution in [0.1, 0.15) is 16.4 Å². The number of hydrogen-bond donors (Lipinski definition) is 4. The van der Waals surface area contributed by atoms with Crippen molar-refractivity contribution < 1.29 is 56.6 Å². The molecule has 2 saturated heterocycles. The number of thioether (sulfide) groups is 1. The molecule has 2 fully saturated rings. The van der Waals surface area contributed by atoms with Gasteiger partial charge in [-0.3, -0.25) is 4.79 Å². The maximum Gasteiger partial charge on any atom is 0.257 e. The molecule has 12 nitrogen and oxygen atoms in total. The Kier molecular flexibility index (Phi) is 10.3. The van der Waals surface area contributed by atoms with Crippen molar-refractivity contribution in [3.05, 3.63) is 65.4 Å². The Morgan fingerprint density at radius 2 is 1.76 bits per heavy atom. The lowest BCUT2D eigenvalue weighted by Crippen LogP contribution is -2.65. The van der Waals surface area contributed by atoms with Crippen molar-refractivity contribution in [2.45, 2.75) is 47.2 Å². The summed E-state index contributed by atoms with van der Waals surface area (Å²) in [7, 11) is 2.00. The normalized spacial score (nSPS) is 28.6. The number of halogens is 4. The number of hydrogen-bond acceptors (Lipinski definition) is 11. The number of methoxy groups -OCH3 is 2. The van der Waals surface area contributed by atoms with Gasteiger partial charge >= 0.3 is 0 Å². The molecular weight excluding hydrogens is 628 g/mol. The highest BCUT2D eigenvalue weighted by Gasteiger charge is 2.49. The molecule has 4 N–H and O–H groups in total. The molecule has 2 aliphatic heterocycles. The Balaban J connectivity index is 1.36. The third kappa shape index (κ3) is 6.38. The molecule has 0 saturated carbocycles. The molecule has 1 aromatic heterocycles. The van der Waals surface area contributed by atoms with Gasteiger partial charge in [0.1, 0.15) is 41.0 Å². The summed E-state index contributed by atoms with van der Waals surface area (Å²) in [4.78, 5) is 13.0. The molecule has 1 amide bonds. The molecule has 0 aliphatic carbocycles. The summed E-state index contributed by atoms with van der Waals surface area (Å²) in [5, 5.41) is 41.9. The van der Waals surface area contributed by atoms with Crippen LogP contribution in [0.3, 0.4) is 0 Å². The van der Waals surface area contributed by atoms with Gasteiger partial charge in [0.15, 0.2) is 17.4 Å². The number of nitrogens with zero attached hydrogens (tertiary/aromatic N) is 3. The smallest absolute Gasteiger partial charge is 0.257 e. The molecule has 2 aromatic carbocycles. The first-order valence-corrected chi connectivity index (χ1v) is 14.6. The molecule has 0 spiro atoms. The molecule has 3 heterocycles. The number of rotatable bonds is 9. The van der Waals surface area contributed by atoms with E-state index in [-0.39, 0.29) is 13.2 Å². The largest absolute Gasteiger partial charge is 0.491 e. The van der Waals surface area contributed by atoms with Crippen LogP contribution >= 0.6 is 11.8 Å². The second-order valence-electron chi connectivity index (χ2n) is 10.3. The fourth-order valence-corrected chi connectivity index (χ4v) is 6.78. The zero-order valence-electron chi connectivity index (χ0n) is 23.8. The van der Waals surface area contributed by atoms with Gasteiger partial charge in [0, 0.05) is 12.7 Å². The number of carbonyl (C=O) groups excluding carboxylic acids is 1. The quantitative estimate of drug-likeness (QED) is 0.195. The Morgan fingerprint density at radius 1 is 1.07 bits per heavy atom. The molecule has 2 aliphatic rings. The Labute approximate surface area is 258 Å². The van der Waals surface area contributed by atoms with Crippen LogP contribution in [0.25, 0.3) is 11.3 Å². The summed E-state index contributed by atoms with van der Waals surface area (Å²) < 4.78 is 80.9. The van der Waals surface area contributed by atoms with Crippen molar-refractivity contribution in [3.63, 3.8) is 0 Å². The van der Waals surface area contributed by atoms with Gasteiger partial charge < -0.3 is 39.6 Å². The second kappa shape index (κ2) is 14.0. The third-order valence-corrected chi connectivity index (χ3v) is 9.07. The highest BCUT2D eigenvalue weighted by molar-refractivity contribution is 8.00. The molecule has 0 radical (unpaired) electrons. The zero-order chi connectivity index (χ0) is 32.4. The van der Waals surface area contributed by atoms with E-state index in [1.165, 1.54) is 11.8 Å². The van der Waals surface area contributed by atoms with E-state index in [9.17, 15) is 37.7 Å². The number of aliphatic hydroxyl groups excluding tert-OH is 3. The molecule has 8 atom stereocenters. The summed E-state index contributed by atoms with van der Waals surface area (Å²) in [6, 6.07) is 7.12. The van der Waals surface area contributed by atoms with Crippen molar-refractivity contribution in [1.29, 1.82) is 0 Å². The SMILES string of the molecule is COc1c(F)c(F)c(C(=O)N[C@H]2[C@@H](O)[C@@H](CO)O[C@@H](S[C@@H]3COC[C@H](n4cc(-c5ccccc5)nn4)[C@H]3O)[C@@H]2OC)c(F)c1F. The van der Waals surface area contributed by atoms with Crippen molar-refractivity contribution in [2.75, 3.05) is 34.0 Å². The molecule has 0 unspecified atom stereocenters. The molecule has 17 heteroatoms. The fraction of sp³-hybridized carbons (Fsp3) is 0.464. The molecule has 0 bridgehead atoms. The average Bonchev–Trinajstić information content (AvgIpc) is 3.53. The summed E-state index contributed by atoms with van der Waals surface area (Å²) in [6.07, 6.45) is -3.68. The van der Waals surface area contributed by atoms with Gasteiger partial charge in [0.25, 0.3) is 5.91 Å². The van der Waals surface area contributed by atoms with Gasteiger partial charge in [-0.15, -0.1) is 16.9 Å². The van der Waals surface area contributed by atoms with E-state index in [0.29, 0.717) is 5.69 Å². The molecule has 5 rings (SSSR count). The van der Waals surface area contributed by atoms with E-state index >= 15 is 0 Å². The van der Waals surface area contributed by atoms with Crippen LogP contribution in [0.4, 0.5) is 17.6 Å². The summed E-state index contributed by atoms with van der Waals surface area (Å²) >= 11 is 1.01. The monoisotopic (exact) mass is 658 g/mol. The first kappa shape index (κ1) is 33.1. The Morgan fingerprint density at radius 3 is 2.38 bits per heavy atom. The van der Waals surface area contributed by atoms with Crippen LogP contribution < -0.4 is 10.1 Å². The minimum Gasteiger partial charge on any atom is -0.491 e. The van der Waals surface area contributed by atoms with Crippen molar-refractivity contribution in [3.8, 4) is 17.0 Å². The van der Waals surface area contributed by atoms with Gasteiger partial charge in [0.2, 0.25) is 11.6 Å². The van der Waals surface area contributed by atoms with Gasteiger partial charge in [-0.1, -0.05) is 35.5 Å². The minimum absolute atomic E-state index is 0.0447. The second-order valence-corrected chi connectivity index (χ2v) is 11.6. The molecule has 45 heavy (non-hydrogen) atoms. The van der Waals surface area contributed by atoms with Gasteiger partial charge in [-0.2, -0.15) is 8.78 Å². The summed E-state index contributed by atoms with van der Waals surface area (Å²) in [6.45, 7) is -0.593. The van der Waals surface area contributed by atoms with E-state index in [4.69, 9.17) is 14.2 Å². The maximum absolute atomic E-state index is 14.7. The standard InChI is InChI=1S/C28H30F4N4O8S/c1-41-25-20(31)18(29)17(19(30)21(25)32)27(40)33-22-24(39)15(9-37)44-28(26(22)42-2)45-16-11-43-10-14(23(16)38)36-8-13(34-35-36)12-6-4-3-5-7-12/h3-8,14-16,22-24,26,28,37-39H,9-11H2,1-2H3,(H,33,40)/t14-,15+,16+,22-,23+,24-,26+,28-/m0/s1. The number of amides is 1. The lowest BCUT2D eigenvalue weighted by molar-refractivity contribution is -0.172. The van der Waals surface area contributed by atoms with Crippen molar-refractivity contribution in [2.24, 2.45) is 0 Å². The fourth-order valence-electron chi connectivity index (χ4n) is 5.28. The van der Waals surface area contributed by atoms with Crippen LogP contribution in [-0.4, -0.2) is 111 Å². The number of aliphatic hydroxyl groups is 3. The van der Waals surface area contributed by atoms with Crippen molar-refractivity contribution in [1.82, 2.24) is 20.3 Å². The van der Waals surface area contributed by atoms with Crippen LogP contribution in [0.2, 0.25) is 0 Å². The number of ether oxygens (including phenoxy) is 4. The van der Waals surface area contributed by atoms with E-state index in [2.05, 4.69) is 20.4 Å². The predicted molar refractivity (Wildman–Crippen MR) is 149 cm³/mol. The zero-order valence-corrected chi connectivity index (χ0v) is 24.7. The van der Waals surface area contributed by atoms with E-state index < -0.39 is 94.3 Å². The average molecular weight is 659 g/mol. The van der Waals surface area contributed by atoms with Crippen LogP contribution in [-0.2, 0) is 14.2 Å². The lowest BCUT2D eigenvalue weighted by Gasteiger charge is -2.45. The third-order valence-electron chi connectivity index (χ3n) is 7.66. The first-order valence-electron chi connectivity index (χ1n) is 13.7. The number of benzene rings is 2. The van der Waals surface area contributed by atoms with Crippen LogP contribution in [0, 0.1) is 23.3 Å². The van der Waals surface area contributed by atoms with Crippen LogP contribution in [0.5, 0.6) is 5.75 Å². The maximum atomic E-state index is 14.7. The summed E-state index contributed by atoms with van der Waals surface area (Å²) in [5.74, 6) is -10.8. The highest BCUT2D eigenvalue weighted by Crippen LogP contribution is 2.38. The summed E-state index contributed by atoms with van der Waals surface area (Å²) in [5.41, 5.74) is -1.29. The minimum atomic E-state index is -2.01. The van der Waals surface area contributed by atoms with E-state index in [0.717, 1.165) is 24.4 Å². The Hall–Kier alpha value is -3.32. The number of aromatic nitrogens is 3. The molecule has 244 valence electrons. The highest BCUT2D eigenvalue weighted by atomic mass is 32.2. The van der Waals surface area contributed by atoms with Gasteiger partial charge in [0.05, 0.1) is 50.5 Å². The van der Waals surface area contributed by atoms with Gasteiger partial charge in [-0.25, -0.2) is 13.5 Å². The first-order chi connectivity index (χ1) is 21.6. The Bertz CT molecular complexity index is 1480. The van der Waals surface area contributed by atoms with E-state index in [1.807, 2.05) is 30.3 Å². The van der Waals surface area contributed by atoms with E-state index in [1.54, 1.807) is 6.20 Å². The molecule has 3 aromatic rings. The topological polar surface area (TPSA) is 157 Å². The lowest BCUT2D eigenvalue weighted by atomic mass is 9.96. The molecular formula is C28H30F4N4O8S. The van der Waals surface area contributed by atoms with Crippen LogP contribution in [0.15, 0.2) is 36.5 Å². The number of carbonyl (C=O) groups is 1. The van der Waals surface area contributed by atoms with Crippen molar-refractivity contribution >= 4 is 17.7 Å². The van der Waals surface area contributed by atoms with Gasteiger partial charge in [-0.05, 0) is 0 Å².